The molecule has 6 nitrogen and oxygen atoms in total. The number of benzene rings is 4. The van der Waals surface area contributed by atoms with Crippen LogP contribution in [0, 0.1) is 0 Å². The fourth-order valence-corrected chi connectivity index (χ4v) is 4.57. The topological polar surface area (TPSA) is 91.6 Å². The van der Waals surface area contributed by atoms with E-state index < -0.39 is 23.6 Å². The summed E-state index contributed by atoms with van der Waals surface area (Å²) in [5.41, 5.74) is 2.78. The molecule has 0 aliphatic rings. The Labute approximate surface area is 226 Å². The summed E-state index contributed by atoms with van der Waals surface area (Å²) in [6.07, 6.45) is -2.67. The normalized spacial score (nSPS) is 11.5. The van der Waals surface area contributed by atoms with Gasteiger partial charge in [-0.1, -0.05) is 42.5 Å². The number of hydrogen-bond acceptors (Lipinski definition) is 3. The van der Waals surface area contributed by atoms with E-state index in [4.69, 9.17) is 5.11 Å². The SMILES string of the molecule is O=C(O)c1ccc(CNC(=O)c2cc(-c3ccccc3O)cc3ccn(Cc4ccc(C(F)(F)F)cc4)c23)cc1. The number of para-hydroxylation sites is 1. The van der Waals surface area contributed by atoms with Crippen molar-refractivity contribution in [3.05, 3.63) is 125 Å². The van der Waals surface area contributed by atoms with E-state index in [0.29, 0.717) is 38.7 Å². The van der Waals surface area contributed by atoms with Crippen LogP contribution in [0.5, 0.6) is 5.75 Å². The van der Waals surface area contributed by atoms with Crippen LogP contribution < -0.4 is 5.32 Å². The molecule has 0 radical (unpaired) electrons. The van der Waals surface area contributed by atoms with Gasteiger partial charge in [-0.3, -0.25) is 4.79 Å². The molecule has 40 heavy (non-hydrogen) atoms. The van der Waals surface area contributed by atoms with Crippen LogP contribution in [0.2, 0.25) is 0 Å². The van der Waals surface area contributed by atoms with E-state index in [9.17, 15) is 27.9 Å². The largest absolute Gasteiger partial charge is 0.507 e. The van der Waals surface area contributed by atoms with Gasteiger partial charge in [-0.25, -0.2) is 4.79 Å². The summed E-state index contributed by atoms with van der Waals surface area (Å²) in [5.74, 6) is -1.40. The third-order valence-corrected chi connectivity index (χ3v) is 6.61. The van der Waals surface area contributed by atoms with E-state index in [1.807, 2.05) is 12.1 Å². The Morgan fingerprint density at radius 1 is 0.850 bits per heavy atom. The van der Waals surface area contributed by atoms with Crippen molar-refractivity contribution in [3.63, 3.8) is 0 Å². The minimum absolute atomic E-state index is 0.0518. The van der Waals surface area contributed by atoms with E-state index in [2.05, 4.69) is 5.32 Å². The molecule has 0 atom stereocenters. The molecule has 1 heterocycles. The molecule has 0 saturated heterocycles. The fraction of sp³-hybridized carbons (Fsp3) is 0.0968. The predicted octanol–water partition coefficient (Wildman–Crippen LogP) is 6.71. The van der Waals surface area contributed by atoms with Gasteiger partial charge < -0.3 is 20.1 Å². The zero-order chi connectivity index (χ0) is 28.4. The number of hydrogen-bond donors (Lipinski definition) is 3. The van der Waals surface area contributed by atoms with Gasteiger partial charge in [-0.15, -0.1) is 0 Å². The Kier molecular flexibility index (Phi) is 7.04. The van der Waals surface area contributed by atoms with Crippen LogP contribution >= 0.6 is 0 Å². The lowest BCUT2D eigenvalue weighted by atomic mass is 9.99. The number of aromatic nitrogens is 1. The van der Waals surface area contributed by atoms with E-state index in [0.717, 1.165) is 12.1 Å². The summed E-state index contributed by atoms with van der Waals surface area (Å²) in [5, 5.41) is 23.1. The monoisotopic (exact) mass is 544 g/mol. The Hall–Kier alpha value is -5.05. The van der Waals surface area contributed by atoms with Gasteiger partial charge in [0, 0.05) is 30.2 Å². The van der Waals surface area contributed by atoms with Gasteiger partial charge in [0.15, 0.2) is 0 Å². The molecule has 5 aromatic rings. The molecule has 1 amide bonds. The molecule has 0 fully saturated rings. The number of alkyl halides is 3. The first-order valence-electron chi connectivity index (χ1n) is 12.3. The number of phenols is 1. The van der Waals surface area contributed by atoms with E-state index in [-0.39, 0.29) is 24.4 Å². The van der Waals surface area contributed by atoms with Crippen LogP contribution in [0.1, 0.15) is 37.4 Å². The van der Waals surface area contributed by atoms with Crippen molar-refractivity contribution in [1.82, 2.24) is 9.88 Å². The molecule has 0 bridgehead atoms. The third kappa shape index (κ3) is 5.54. The molecule has 9 heteroatoms. The second-order valence-electron chi connectivity index (χ2n) is 9.30. The zero-order valence-corrected chi connectivity index (χ0v) is 20.9. The molecule has 4 aromatic carbocycles. The first kappa shape index (κ1) is 26.6. The van der Waals surface area contributed by atoms with E-state index >= 15 is 0 Å². The Morgan fingerprint density at radius 3 is 2.17 bits per heavy atom. The van der Waals surface area contributed by atoms with E-state index in [1.165, 1.54) is 24.3 Å². The predicted molar refractivity (Wildman–Crippen MR) is 144 cm³/mol. The number of nitrogens with zero attached hydrogens (tertiary/aromatic N) is 1. The van der Waals surface area contributed by atoms with Crippen molar-refractivity contribution in [2.75, 3.05) is 0 Å². The first-order chi connectivity index (χ1) is 19.1. The van der Waals surface area contributed by atoms with Crippen LogP contribution in [0.4, 0.5) is 13.2 Å². The second-order valence-corrected chi connectivity index (χ2v) is 9.30. The van der Waals surface area contributed by atoms with Gasteiger partial charge in [0.05, 0.1) is 22.2 Å². The first-order valence-corrected chi connectivity index (χ1v) is 12.3. The number of carbonyl (C=O) groups excluding carboxylic acids is 1. The quantitative estimate of drug-likeness (QED) is 0.212. The number of aromatic carboxylic acids is 1. The summed E-state index contributed by atoms with van der Waals surface area (Å²) >= 11 is 0. The molecule has 0 unspecified atom stereocenters. The van der Waals surface area contributed by atoms with Crippen molar-refractivity contribution in [1.29, 1.82) is 0 Å². The maximum absolute atomic E-state index is 13.5. The number of fused-ring (bicyclic) bond motifs is 1. The highest BCUT2D eigenvalue weighted by Crippen LogP contribution is 2.34. The molecule has 0 spiro atoms. The summed E-state index contributed by atoms with van der Waals surface area (Å²) in [6, 6.07) is 23.1. The van der Waals surface area contributed by atoms with Gasteiger partial charge in [0.25, 0.3) is 5.91 Å². The Morgan fingerprint density at radius 2 is 1.52 bits per heavy atom. The van der Waals surface area contributed by atoms with E-state index in [1.54, 1.807) is 53.2 Å². The number of aromatic hydroxyl groups is 1. The third-order valence-electron chi connectivity index (χ3n) is 6.61. The zero-order valence-electron chi connectivity index (χ0n) is 20.9. The lowest BCUT2D eigenvalue weighted by Crippen LogP contribution is -2.23. The molecule has 0 aliphatic heterocycles. The highest BCUT2D eigenvalue weighted by molar-refractivity contribution is 6.08. The van der Waals surface area contributed by atoms with Crippen molar-refractivity contribution >= 4 is 22.8 Å². The van der Waals surface area contributed by atoms with Gasteiger partial charge in [-0.05, 0) is 65.2 Å². The standard InChI is InChI=1S/C31H23F3N2O4/c32-31(33,34)24-11-7-20(8-12-24)18-36-14-13-22-15-23(25-3-1-2-4-27(25)37)16-26(28(22)36)29(38)35-17-19-5-9-21(10-6-19)30(39)40/h1-16,37H,17-18H2,(H,35,38)(H,39,40). The summed E-state index contributed by atoms with van der Waals surface area (Å²) < 4.78 is 40.8. The van der Waals surface area contributed by atoms with Crippen LogP contribution in [-0.2, 0) is 19.3 Å². The maximum atomic E-state index is 13.5. The highest BCUT2D eigenvalue weighted by Gasteiger charge is 2.30. The second kappa shape index (κ2) is 10.6. The van der Waals surface area contributed by atoms with Gasteiger partial charge in [0.1, 0.15) is 5.75 Å². The molecule has 202 valence electrons. The fourth-order valence-electron chi connectivity index (χ4n) is 4.57. The highest BCUT2D eigenvalue weighted by atomic mass is 19.4. The van der Waals surface area contributed by atoms with Crippen LogP contribution in [0.3, 0.4) is 0 Å². The maximum Gasteiger partial charge on any atom is 0.416 e. The van der Waals surface area contributed by atoms with Gasteiger partial charge in [0.2, 0.25) is 0 Å². The van der Waals surface area contributed by atoms with Gasteiger partial charge >= 0.3 is 12.1 Å². The Bertz CT molecular complexity index is 1710. The molecule has 1 aromatic heterocycles. The van der Waals surface area contributed by atoms with Crippen molar-refractivity contribution in [3.8, 4) is 16.9 Å². The van der Waals surface area contributed by atoms with Crippen molar-refractivity contribution in [2.24, 2.45) is 0 Å². The molecule has 5 rings (SSSR count). The number of amides is 1. The molecule has 0 aliphatic carbocycles. The molecule has 0 saturated carbocycles. The molecule has 3 N–H and O–H groups in total. The number of phenolic OH excluding ortho intramolecular Hbond substituents is 1. The molecular weight excluding hydrogens is 521 g/mol. The molecular formula is C31H23F3N2O4. The minimum Gasteiger partial charge on any atom is -0.507 e. The summed E-state index contributed by atoms with van der Waals surface area (Å²) in [7, 11) is 0. The average molecular weight is 545 g/mol. The van der Waals surface area contributed by atoms with Crippen LogP contribution in [0.15, 0.2) is 97.2 Å². The van der Waals surface area contributed by atoms with Crippen LogP contribution in [-0.4, -0.2) is 26.7 Å². The Balaban J connectivity index is 1.51. The minimum atomic E-state index is -4.43. The van der Waals surface area contributed by atoms with Crippen molar-refractivity contribution < 1.29 is 33.0 Å². The van der Waals surface area contributed by atoms with Crippen LogP contribution in [0.25, 0.3) is 22.0 Å². The number of carboxylic acid groups (broad SMARTS) is 1. The lowest BCUT2D eigenvalue weighted by molar-refractivity contribution is -0.137. The number of carboxylic acids is 1. The number of nitrogens with one attached hydrogen (secondary N) is 1. The van der Waals surface area contributed by atoms with Crippen molar-refractivity contribution in [2.45, 2.75) is 19.3 Å². The summed E-state index contributed by atoms with van der Waals surface area (Å²) in [6.45, 7) is 0.370. The summed E-state index contributed by atoms with van der Waals surface area (Å²) in [4.78, 5) is 24.6. The lowest BCUT2D eigenvalue weighted by Gasteiger charge is -2.14. The number of halogens is 3. The number of carbonyl (C=O) groups is 2. The van der Waals surface area contributed by atoms with Gasteiger partial charge in [-0.2, -0.15) is 13.2 Å². The smallest absolute Gasteiger partial charge is 0.416 e. The number of rotatable bonds is 7. The average Bonchev–Trinajstić information content (AvgIpc) is 3.34.